The molecule has 0 aliphatic heterocycles. The molecule has 5 N–H and O–H groups in total. The summed E-state index contributed by atoms with van der Waals surface area (Å²) in [5.41, 5.74) is 2.42. The molecule has 1 radical (unpaired) electrons. The van der Waals surface area contributed by atoms with Crippen molar-refractivity contribution in [2.45, 2.75) is 87.3 Å². The van der Waals surface area contributed by atoms with Gasteiger partial charge in [0.1, 0.15) is 11.6 Å². The number of ether oxygens (including phenoxy) is 1. The maximum atomic E-state index is 15.5. The summed E-state index contributed by atoms with van der Waals surface area (Å²) < 4.78 is 6.76. The van der Waals surface area contributed by atoms with Crippen molar-refractivity contribution < 1.29 is 29.3 Å². The predicted molar refractivity (Wildman–Crippen MR) is 237 cm³/mol. The fraction of sp³-hybridized carbons (Fsp3) is 0.333. The first-order chi connectivity index (χ1) is 29.1. The second-order valence-corrected chi connectivity index (χ2v) is 15.6. The normalized spacial score (nSPS) is 15.0. The molecule has 6 atom stereocenters. The van der Waals surface area contributed by atoms with Gasteiger partial charge in [-0.25, -0.2) is 0 Å². The Bertz CT molecular complexity index is 1950. The molecule has 5 aromatic rings. The van der Waals surface area contributed by atoms with Gasteiger partial charge in [0.15, 0.2) is 11.6 Å². The number of carbonyl (C=O) groups is 3. The van der Waals surface area contributed by atoms with Crippen LogP contribution in [0.4, 0.5) is 0 Å². The number of aliphatic hydroxyl groups excluding tert-OH is 2. The summed E-state index contributed by atoms with van der Waals surface area (Å²) in [5.74, 6) is -1.33. The Balaban J connectivity index is 1.66. The molecule has 5 aromatic carbocycles. The number of carbonyl (C=O) groups excluding carboxylic acids is 3. The van der Waals surface area contributed by atoms with Crippen LogP contribution in [0.3, 0.4) is 0 Å². The van der Waals surface area contributed by atoms with Crippen LogP contribution in [0.25, 0.3) is 0 Å². The SMILES string of the molecule is CN[C@@H](Cc1ccccc1)C(=O)CC(CC(O)Cc1ccccc1)(OC(=O)[C@H](Cc1ccccc1)NC)[C](CC(O)Cc1ccccc1)C(=O)[C@H](Cc1ccccc1)NC. The van der Waals surface area contributed by atoms with E-state index < -0.39 is 54.1 Å². The molecular formula is C51H60N3O6. The van der Waals surface area contributed by atoms with Gasteiger partial charge in [-0.15, -0.1) is 0 Å². The Morgan fingerprint density at radius 1 is 0.500 bits per heavy atom. The number of esters is 1. The first kappa shape index (κ1) is 45.8. The number of likely N-dealkylation sites (N-methyl/N-ethyl adjacent to an activating group) is 3. The number of aliphatic hydroxyl groups is 2. The van der Waals surface area contributed by atoms with Crippen LogP contribution in [0.5, 0.6) is 0 Å². The average Bonchev–Trinajstić information content (AvgIpc) is 3.27. The van der Waals surface area contributed by atoms with Gasteiger partial charge in [-0.3, -0.25) is 14.4 Å². The zero-order chi connectivity index (χ0) is 42.7. The summed E-state index contributed by atoms with van der Waals surface area (Å²) in [7, 11) is 5.07. The lowest BCUT2D eigenvalue weighted by Crippen LogP contribution is -2.57. The van der Waals surface area contributed by atoms with E-state index in [-0.39, 0.29) is 43.8 Å². The quantitative estimate of drug-likeness (QED) is 0.0460. The highest BCUT2D eigenvalue weighted by atomic mass is 16.6. The van der Waals surface area contributed by atoms with E-state index >= 15 is 4.79 Å². The molecule has 0 aromatic heterocycles. The van der Waals surface area contributed by atoms with Crippen molar-refractivity contribution in [1.29, 1.82) is 0 Å². The minimum atomic E-state index is -1.97. The van der Waals surface area contributed by atoms with Crippen LogP contribution in [-0.2, 0) is 51.2 Å². The third kappa shape index (κ3) is 13.6. The minimum Gasteiger partial charge on any atom is -0.456 e. The number of hydrogen-bond acceptors (Lipinski definition) is 9. The van der Waals surface area contributed by atoms with E-state index in [0.717, 1.165) is 27.8 Å². The molecule has 0 saturated heterocycles. The van der Waals surface area contributed by atoms with Gasteiger partial charge in [0.2, 0.25) is 0 Å². The molecule has 315 valence electrons. The smallest absolute Gasteiger partial charge is 0.324 e. The summed E-state index contributed by atoms with van der Waals surface area (Å²) in [6.07, 6.45) is -1.91. The Hall–Kier alpha value is -5.29. The number of Topliss-reactive ketones (excluding diaryl/α,β-unsaturated/α-hetero) is 2. The molecule has 60 heavy (non-hydrogen) atoms. The van der Waals surface area contributed by atoms with Gasteiger partial charge >= 0.3 is 5.97 Å². The molecular weight excluding hydrogens is 751 g/mol. The molecule has 0 aliphatic rings. The third-order valence-corrected chi connectivity index (χ3v) is 11.1. The van der Waals surface area contributed by atoms with E-state index in [1.165, 1.54) is 0 Å². The Labute approximate surface area is 355 Å². The summed E-state index contributed by atoms with van der Waals surface area (Å²) in [6.45, 7) is 0. The lowest BCUT2D eigenvalue weighted by Gasteiger charge is -2.43. The van der Waals surface area contributed by atoms with Crippen LogP contribution >= 0.6 is 0 Å². The van der Waals surface area contributed by atoms with Crippen molar-refractivity contribution in [2.24, 2.45) is 0 Å². The van der Waals surface area contributed by atoms with Gasteiger partial charge in [0.05, 0.1) is 30.2 Å². The topological polar surface area (TPSA) is 137 Å². The molecule has 9 nitrogen and oxygen atoms in total. The fourth-order valence-electron chi connectivity index (χ4n) is 7.92. The lowest BCUT2D eigenvalue weighted by molar-refractivity contribution is -0.167. The van der Waals surface area contributed by atoms with Crippen molar-refractivity contribution in [3.8, 4) is 0 Å². The number of benzene rings is 5. The highest BCUT2D eigenvalue weighted by Gasteiger charge is 2.52. The van der Waals surface area contributed by atoms with Gasteiger partial charge in [-0.1, -0.05) is 152 Å². The van der Waals surface area contributed by atoms with E-state index in [2.05, 4.69) is 16.0 Å². The molecule has 0 saturated carbocycles. The highest BCUT2D eigenvalue weighted by molar-refractivity contribution is 6.00. The maximum absolute atomic E-state index is 15.5. The van der Waals surface area contributed by atoms with E-state index in [1.807, 2.05) is 152 Å². The Kier molecular flexibility index (Phi) is 17.9. The van der Waals surface area contributed by atoms with Gasteiger partial charge in [-0.2, -0.15) is 0 Å². The van der Waals surface area contributed by atoms with Gasteiger partial charge < -0.3 is 30.9 Å². The van der Waals surface area contributed by atoms with Gasteiger partial charge in [0.25, 0.3) is 0 Å². The van der Waals surface area contributed by atoms with E-state index in [0.29, 0.717) is 12.8 Å². The Morgan fingerprint density at radius 3 is 1.25 bits per heavy atom. The fourth-order valence-corrected chi connectivity index (χ4v) is 7.92. The van der Waals surface area contributed by atoms with Crippen LogP contribution in [0.15, 0.2) is 152 Å². The van der Waals surface area contributed by atoms with Crippen molar-refractivity contribution in [1.82, 2.24) is 16.0 Å². The molecule has 3 unspecified atom stereocenters. The van der Waals surface area contributed by atoms with Crippen LogP contribution in [0.1, 0.15) is 47.1 Å². The zero-order valence-electron chi connectivity index (χ0n) is 35.0. The summed E-state index contributed by atoms with van der Waals surface area (Å²) >= 11 is 0. The Morgan fingerprint density at radius 2 is 0.850 bits per heavy atom. The zero-order valence-corrected chi connectivity index (χ0v) is 35.0. The van der Waals surface area contributed by atoms with Crippen LogP contribution in [0.2, 0.25) is 0 Å². The molecule has 0 spiro atoms. The highest BCUT2D eigenvalue weighted by Crippen LogP contribution is 2.40. The van der Waals surface area contributed by atoms with E-state index in [9.17, 15) is 19.8 Å². The average molecular weight is 811 g/mol. The summed E-state index contributed by atoms with van der Waals surface area (Å²) in [5, 5.41) is 33.6. The van der Waals surface area contributed by atoms with Crippen molar-refractivity contribution in [3.05, 3.63) is 185 Å². The van der Waals surface area contributed by atoms with E-state index in [1.54, 1.807) is 21.1 Å². The number of nitrogens with one attached hydrogen (secondary N) is 3. The number of rotatable bonds is 25. The monoisotopic (exact) mass is 810 g/mol. The van der Waals surface area contributed by atoms with Crippen LogP contribution < -0.4 is 16.0 Å². The van der Waals surface area contributed by atoms with Crippen LogP contribution in [0, 0.1) is 5.92 Å². The molecule has 0 aliphatic carbocycles. The lowest BCUT2D eigenvalue weighted by atomic mass is 9.70. The maximum Gasteiger partial charge on any atom is 0.324 e. The summed E-state index contributed by atoms with van der Waals surface area (Å²) in [4.78, 5) is 45.2. The van der Waals surface area contributed by atoms with Gasteiger partial charge in [-0.05, 0) is 87.5 Å². The first-order valence-electron chi connectivity index (χ1n) is 20.9. The van der Waals surface area contributed by atoms with Crippen molar-refractivity contribution in [3.63, 3.8) is 0 Å². The summed E-state index contributed by atoms with van der Waals surface area (Å²) in [6, 6.07) is 45.2. The van der Waals surface area contributed by atoms with Gasteiger partial charge in [0, 0.05) is 12.8 Å². The van der Waals surface area contributed by atoms with Crippen molar-refractivity contribution >= 4 is 17.5 Å². The minimum absolute atomic E-state index is 0.0687. The first-order valence-corrected chi connectivity index (χ1v) is 20.9. The molecule has 5 rings (SSSR count). The molecule has 0 fully saturated rings. The van der Waals surface area contributed by atoms with E-state index in [4.69, 9.17) is 4.74 Å². The third-order valence-electron chi connectivity index (χ3n) is 11.1. The largest absolute Gasteiger partial charge is 0.456 e. The standard InChI is InChI=1S/C51H60N3O6/c1-52-45(31-39-23-13-6-14-24-39)48(57)36-51(35-43(56)30-38-21-11-5-12-22-38,60-50(59)47(54-3)33-41-27-17-8-18-28-41)44(34-42(55)29-37-19-9-4-10-20-37)49(58)46(53-2)32-40-25-15-7-16-26-40/h4-28,42-43,45-47,52-56H,29-36H2,1-3H3/t42?,43?,45-,46-,47-,51?/m0/s1. The molecule has 0 heterocycles. The predicted octanol–water partition coefficient (Wildman–Crippen LogP) is 5.85. The molecule has 0 bridgehead atoms. The van der Waals surface area contributed by atoms with Crippen molar-refractivity contribution in [2.75, 3.05) is 21.1 Å². The second-order valence-electron chi connectivity index (χ2n) is 15.6. The molecule has 9 heteroatoms. The number of hydrogen-bond donors (Lipinski definition) is 5. The number of ketones is 2. The second kappa shape index (κ2) is 23.5. The van der Waals surface area contributed by atoms with Crippen LogP contribution in [-0.4, -0.2) is 84.8 Å². The molecule has 0 amide bonds.